The maximum absolute atomic E-state index is 12.1. The Morgan fingerprint density at radius 2 is 1.71 bits per heavy atom. The summed E-state index contributed by atoms with van der Waals surface area (Å²) < 4.78 is 0. The molecular formula is C12H16Cl2N2O. The van der Waals surface area contributed by atoms with Crippen molar-refractivity contribution in [3.63, 3.8) is 0 Å². The lowest BCUT2D eigenvalue weighted by Gasteiger charge is -2.31. The number of piperidine rings is 1. The number of carbonyl (C=O) groups excluding carboxylic acids is 1. The van der Waals surface area contributed by atoms with Crippen molar-refractivity contribution in [1.82, 2.24) is 5.32 Å². The number of benzene rings is 1. The van der Waals surface area contributed by atoms with Crippen LogP contribution in [-0.4, -0.2) is 19.0 Å². The summed E-state index contributed by atoms with van der Waals surface area (Å²) in [6.45, 7) is 1.86. The molecule has 1 amide bonds. The van der Waals surface area contributed by atoms with Crippen molar-refractivity contribution < 1.29 is 4.79 Å². The molecule has 3 rings (SSSR count). The molecule has 5 heteroatoms. The van der Waals surface area contributed by atoms with Gasteiger partial charge in [-0.2, -0.15) is 0 Å². The van der Waals surface area contributed by atoms with Crippen LogP contribution in [0.3, 0.4) is 0 Å². The van der Waals surface area contributed by atoms with Crippen LogP contribution in [0.15, 0.2) is 24.3 Å². The highest BCUT2D eigenvalue weighted by Crippen LogP contribution is 2.43. The molecule has 2 aliphatic heterocycles. The SMILES string of the molecule is Cl.Cl.O=C1Nc2ccccc2C12CCNCC2. The topological polar surface area (TPSA) is 41.1 Å². The van der Waals surface area contributed by atoms with Crippen LogP contribution in [0.1, 0.15) is 18.4 Å². The molecule has 1 saturated heterocycles. The first-order valence-electron chi connectivity index (χ1n) is 5.45. The van der Waals surface area contributed by atoms with Gasteiger partial charge in [-0.25, -0.2) is 0 Å². The van der Waals surface area contributed by atoms with E-state index in [1.807, 2.05) is 18.2 Å². The molecule has 0 bridgehead atoms. The average molecular weight is 275 g/mol. The van der Waals surface area contributed by atoms with E-state index in [1.54, 1.807) is 0 Å². The zero-order valence-corrected chi connectivity index (χ0v) is 11.0. The Bertz CT molecular complexity index is 417. The van der Waals surface area contributed by atoms with E-state index in [0.717, 1.165) is 31.6 Å². The molecule has 17 heavy (non-hydrogen) atoms. The van der Waals surface area contributed by atoms with Crippen LogP contribution in [0.4, 0.5) is 5.69 Å². The number of hydrogen-bond donors (Lipinski definition) is 2. The summed E-state index contributed by atoms with van der Waals surface area (Å²) in [5.41, 5.74) is 1.95. The molecule has 1 aromatic carbocycles. The largest absolute Gasteiger partial charge is 0.325 e. The van der Waals surface area contributed by atoms with Gasteiger partial charge in [0.1, 0.15) is 0 Å². The number of nitrogens with one attached hydrogen (secondary N) is 2. The van der Waals surface area contributed by atoms with Crippen LogP contribution >= 0.6 is 24.8 Å². The zero-order valence-electron chi connectivity index (χ0n) is 9.36. The Kier molecular flexibility index (Phi) is 4.42. The van der Waals surface area contributed by atoms with Gasteiger partial charge < -0.3 is 10.6 Å². The van der Waals surface area contributed by atoms with Crippen molar-refractivity contribution in [2.24, 2.45) is 0 Å². The van der Waals surface area contributed by atoms with Crippen molar-refractivity contribution in [3.8, 4) is 0 Å². The van der Waals surface area contributed by atoms with E-state index < -0.39 is 0 Å². The molecule has 0 saturated carbocycles. The first-order valence-corrected chi connectivity index (χ1v) is 5.45. The molecule has 0 aromatic heterocycles. The Morgan fingerprint density at radius 3 is 2.41 bits per heavy atom. The molecule has 0 unspecified atom stereocenters. The fourth-order valence-corrected chi connectivity index (χ4v) is 2.72. The summed E-state index contributed by atoms with van der Waals surface area (Å²) in [5, 5.41) is 6.30. The number of carbonyl (C=O) groups is 1. The second-order valence-electron chi connectivity index (χ2n) is 4.33. The van der Waals surface area contributed by atoms with Gasteiger partial charge in [-0.1, -0.05) is 18.2 Å². The number of fused-ring (bicyclic) bond motifs is 2. The first-order chi connectivity index (χ1) is 7.33. The maximum atomic E-state index is 12.1. The molecule has 1 aromatic rings. The van der Waals surface area contributed by atoms with Gasteiger partial charge in [-0.15, -0.1) is 24.8 Å². The van der Waals surface area contributed by atoms with Crippen LogP contribution in [0.5, 0.6) is 0 Å². The van der Waals surface area contributed by atoms with Crippen LogP contribution in [0, 0.1) is 0 Å². The van der Waals surface area contributed by atoms with Crippen molar-refractivity contribution in [2.75, 3.05) is 18.4 Å². The fourth-order valence-electron chi connectivity index (χ4n) is 2.72. The number of halogens is 2. The normalized spacial score (nSPS) is 19.9. The Balaban J connectivity index is 0.000000722. The smallest absolute Gasteiger partial charge is 0.235 e. The van der Waals surface area contributed by atoms with Gasteiger partial charge in [-0.3, -0.25) is 4.79 Å². The Labute approximate surface area is 113 Å². The summed E-state index contributed by atoms with van der Waals surface area (Å²) in [6.07, 6.45) is 1.83. The number of hydrogen-bond acceptors (Lipinski definition) is 2. The van der Waals surface area contributed by atoms with E-state index in [4.69, 9.17) is 0 Å². The minimum absolute atomic E-state index is 0. The third-order valence-electron chi connectivity index (χ3n) is 3.58. The number of amides is 1. The molecule has 2 heterocycles. The third kappa shape index (κ3) is 2.03. The highest BCUT2D eigenvalue weighted by molar-refractivity contribution is 6.06. The minimum Gasteiger partial charge on any atom is -0.325 e. The molecule has 0 radical (unpaired) electrons. The molecule has 1 spiro atoms. The summed E-state index contributed by atoms with van der Waals surface area (Å²) >= 11 is 0. The summed E-state index contributed by atoms with van der Waals surface area (Å²) in [4.78, 5) is 12.1. The van der Waals surface area contributed by atoms with Gasteiger partial charge in [0, 0.05) is 5.69 Å². The van der Waals surface area contributed by atoms with Gasteiger partial charge in [0.2, 0.25) is 5.91 Å². The number of anilines is 1. The summed E-state index contributed by atoms with van der Waals surface area (Å²) in [5.74, 6) is 0.185. The van der Waals surface area contributed by atoms with Crippen molar-refractivity contribution in [2.45, 2.75) is 18.3 Å². The molecule has 2 N–H and O–H groups in total. The van der Waals surface area contributed by atoms with Crippen molar-refractivity contribution in [3.05, 3.63) is 29.8 Å². The van der Waals surface area contributed by atoms with Gasteiger partial charge in [0.05, 0.1) is 5.41 Å². The van der Waals surface area contributed by atoms with Gasteiger partial charge in [-0.05, 0) is 37.6 Å². The van der Waals surface area contributed by atoms with Crippen LogP contribution in [-0.2, 0) is 10.2 Å². The lowest BCUT2D eigenvalue weighted by molar-refractivity contribution is -0.121. The number of para-hydroxylation sites is 1. The van der Waals surface area contributed by atoms with Crippen LogP contribution in [0.25, 0.3) is 0 Å². The quantitative estimate of drug-likeness (QED) is 0.761. The number of rotatable bonds is 0. The highest BCUT2D eigenvalue weighted by atomic mass is 35.5. The predicted molar refractivity (Wildman–Crippen MR) is 73.3 cm³/mol. The van der Waals surface area contributed by atoms with Crippen LogP contribution in [0.2, 0.25) is 0 Å². The zero-order chi connectivity index (χ0) is 10.3. The molecule has 0 aliphatic carbocycles. The maximum Gasteiger partial charge on any atom is 0.235 e. The van der Waals surface area contributed by atoms with Crippen molar-refractivity contribution >= 4 is 36.4 Å². The average Bonchev–Trinajstić information content (AvgIpc) is 2.55. The van der Waals surface area contributed by atoms with E-state index in [9.17, 15) is 4.79 Å². The Morgan fingerprint density at radius 1 is 1.06 bits per heavy atom. The lowest BCUT2D eigenvalue weighted by Crippen LogP contribution is -2.44. The van der Waals surface area contributed by atoms with Gasteiger partial charge in [0.25, 0.3) is 0 Å². The molecule has 3 nitrogen and oxygen atoms in total. The second kappa shape index (κ2) is 5.25. The van der Waals surface area contributed by atoms with E-state index in [2.05, 4.69) is 16.7 Å². The predicted octanol–water partition coefficient (Wildman–Crippen LogP) is 2.10. The van der Waals surface area contributed by atoms with E-state index in [-0.39, 0.29) is 36.1 Å². The molecule has 2 aliphatic rings. The van der Waals surface area contributed by atoms with Gasteiger partial charge in [0.15, 0.2) is 0 Å². The molecule has 0 atom stereocenters. The monoisotopic (exact) mass is 274 g/mol. The van der Waals surface area contributed by atoms with Gasteiger partial charge >= 0.3 is 0 Å². The van der Waals surface area contributed by atoms with E-state index in [0.29, 0.717) is 0 Å². The summed E-state index contributed by atoms with van der Waals surface area (Å²) in [6, 6.07) is 8.06. The third-order valence-corrected chi connectivity index (χ3v) is 3.58. The van der Waals surface area contributed by atoms with Crippen LogP contribution < -0.4 is 10.6 Å². The summed E-state index contributed by atoms with van der Waals surface area (Å²) in [7, 11) is 0. The Hall–Kier alpha value is -0.770. The second-order valence-corrected chi connectivity index (χ2v) is 4.33. The first kappa shape index (κ1) is 14.3. The molecular weight excluding hydrogens is 259 g/mol. The van der Waals surface area contributed by atoms with Crippen molar-refractivity contribution in [1.29, 1.82) is 0 Å². The standard InChI is InChI=1S/C12H14N2O.2ClH/c15-11-12(5-7-13-8-6-12)9-3-1-2-4-10(9)14-11;;/h1-4,13H,5-8H2,(H,14,15);2*1H. The molecule has 94 valence electrons. The fraction of sp³-hybridized carbons (Fsp3) is 0.417. The minimum atomic E-state index is -0.248. The van der Waals surface area contributed by atoms with E-state index >= 15 is 0 Å². The highest BCUT2D eigenvalue weighted by Gasteiger charge is 2.46. The van der Waals surface area contributed by atoms with E-state index in [1.165, 1.54) is 5.56 Å². The lowest BCUT2D eigenvalue weighted by atomic mass is 9.74. The molecule has 1 fully saturated rings.